The molecule has 16 heavy (non-hydrogen) atoms. The summed E-state index contributed by atoms with van der Waals surface area (Å²) < 4.78 is 5.23. The van der Waals surface area contributed by atoms with Crippen molar-refractivity contribution in [2.75, 3.05) is 39.9 Å². The average Bonchev–Trinajstić information content (AvgIpc) is 2.96. The van der Waals surface area contributed by atoms with Crippen LogP contribution in [0.4, 0.5) is 0 Å². The van der Waals surface area contributed by atoms with E-state index in [9.17, 15) is 4.79 Å². The zero-order valence-electron chi connectivity index (χ0n) is 9.78. The van der Waals surface area contributed by atoms with Crippen LogP contribution in [-0.4, -0.2) is 56.7 Å². The van der Waals surface area contributed by atoms with Crippen LogP contribution in [0.25, 0.3) is 0 Å². The molecular weight excluding hydrogens is 230 g/mol. The smallest absolute Gasteiger partial charge is 0.234 e. The maximum absolute atomic E-state index is 11.4. The number of amides is 1. The molecule has 1 saturated carbocycles. The fourth-order valence-corrected chi connectivity index (χ4v) is 1.23. The molecule has 0 saturated heterocycles. The van der Waals surface area contributed by atoms with E-state index in [4.69, 9.17) is 10.5 Å². The van der Waals surface area contributed by atoms with E-state index >= 15 is 0 Å². The van der Waals surface area contributed by atoms with E-state index in [-0.39, 0.29) is 18.3 Å². The highest BCUT2D eigenvalue weighted by molar-refractivity contribution is 5.85. The highest BCUT2D eigenvalue weighted by Crippen LogP contribution is 2.18. The van der Waals surface area contributed by atoms with Crippen molar-refractivity contribution >= 4 is 18.3 Å². The summed E-state index contributed by atoms with van der Waals surface area (Å²) in [6, 6.07) is 0.444. The van der Waals surface area contributed by atoms with Gasteiger partial charge in [0.25, 0.3) is 0 Å². The number of carbonyl (C=O) groups excluding carboxylic acids is 1. The molecule has 1 aliphatic rings. The molecule has 0 aromatic heterocycles. The van der Waals surface area contributed by atoms with E-state index in [1.54, 1.807) is 0 Å². The number of hydrogen-bond donors (Lipinski definition) is 2. The van der Waals surface area contributed by atoms with E-state index in [1.807, 2.05) is 11.9 Å². The molecule has 1 fully saturated rings. The Balaban J connectivity index is 0.00000225. The summed E-state index contributed by atoms with van der Waals surface area (Å²) in [5.74, 6) is 0.110. The van der Waals surface area contributed by atoms with Gasteiger partial charge in [-0.25, -0.2) is 0 Å². The van der Waals surface area contributed by atoms with Gasteiger partial charge in [-0.15, -0.1) is 12.4 Å². The van der Waals surface area contributed by atoms with Crippen LogP contribution in [0, 0.1) is 0 Å². The lowest BCUT2D eigenvalue weighted by atomic mass is 10.4. The van der Waals surface area contributed by atoms with Crippen molar-refractivity contribution in [1.82, 2.24) is 10.2 Å². The monoisotopic (exact) mass is 251 g/mol. The van der Waals surface area contributed by atoms with E-state index in [2.05, 4.69) is 5.32 Å². The Morgan fingerprint density at radius 2 is 2.19 bits per heavy atom. The zero-order chi connectivity index (χ0) is 11.1. The summed E-state index contributed by atoms with van der Waals surface area (Å²) in [5.41, 5.74) is 5.29. The first-order chi connectivity index (χ1) is 7.22. The first-order valence-electron chi connectivity index (χ1n) is 5.48. The highest BCUT2D eigenvalue weighted by atomic mass is 35.5. The van der Waals surface area contributed by atoms with Gasteiger partial charge in [-0.2, -0.15) is 0 Å². The van der Waals surface area contributed by atoms with E-state index < -0.39 is 0 Å². The highest BCUT2D eigenvalue weighted by Gasteiger charge is 2.23. The standard InChI is InChI=1S/C10H21N3O2.ClH/c1-13(5-7-15-6-4-11)8-10(14)12-9-2-3-9;/h9H,2-8,11H2,1H3,(H,12,14);1H. The molecule has 0 spiro atoms. The Hall–Kier alpha value is -0.360. The summed E-state index contributed by atoms with van der Waals surface area (Å²) in [6.45, 7) is 2.97. The van der Waals surface area contributed by atoms with Crippen LogP contribution in [0.3, 0.4) is 0 Å². The van der Waals surface area contributed by atoms with Crippen LogP contribution in [0.1, 0.15) is 12.8 Å². The fraction of sp³-hybridized carbons (Fsp3) is 0.900. The van der Waals surface area contributed by atoms with Gasteiger partial charge in [0.1, 0.15) is 0 Å². The van der Waals surface area contributed by atoms with Crippen LogP contribution in [0.2, 0.25) is 0 Å². The fourth-order valence-electron chi connectivity index (χ4n) is 1.23. The third-order valence-corrected chi connectivity index (χ3v) is 2.24. The van der Waals surface area contributed by atoms with Crippen molar-refractivity contribution < 1.29 is 9.53 Å². The number of carbonyl (C=O) groups is 1. The number of hydrogen-bond acceptors (Lipinski definition) is 4. The minimum absolute atomic E-state index is 0. The van der Waals surface area contributed by atoms with Crippen molar-refractivity contribution in [2.24, 2.45) is 5.73 Å². The van der Waals surface area contributed by atoms with Gasteiger partial charge in [0.2, 0.25) is 5.91 Å². The van der Waals surface area contributed by atoms with Crippen molar-refractivity contribution in [2.45, 2.75) is 18.9 Å². The van der Waals surface area contributed by atoms with Gasteiger partial charge in [0.15, 0.2) is 0 Å². The van der Waals surface area contributed by atoms with Crippen LogP contribution >= 0.6 is 12.4 Å². The molecule has 1 aliphatic carbocycles. The molecule has 0 aromatic carbocycles. The molecule has 0 aromatic rings. The van der Waals surface area contributed by atoms with Crippen molar-refractivity contribution in [3.63, 3.8) is 0 Å². The Morgan fingerprint density at radius 1 is 1.50 bits per heavy atom. The molecule has 5 nitrogen and oxygen atoms in total. The van der Waals surface area contributed by atoms with Gasteiger partial charge in [-0.05, 0) is 19.9 Å². The second-order valence-corrected chi connectivity index (χ2v) is 3.98. The lowest BCUT2D eigenvalue weighted by molar-refractivity contribution is -0.122. The predicted molar refractivity (Wildman–Crippen MR) is 65.8 cm³/mol. The minimum atomic E-state index is 0. The van der Waals surface area contributed by atoms with Gasteiger partial charge in [0.05, 0.1) is 19.8 Å². The third-order valence-electron chi connectivity index (χ3n) is 2.24. The Labute approximate surface area is 103 Å². The number of ether oxygens (including phenoxy) is 1. The first-order valence-corrected chi connectivity index (χ1v) is 5.48. The molecule has 0 aliphatic heterocycles. The van der Waals surface area contributed by atoms with Crippen LogP contribution in [-0.2, 0) is 9.53 Å². The zero-order valence-corrected chi connectivity index (χ0v) is 10.6. The largest absolute Gasteiger partial charge is 0.379 e. The van der Waals surface area contributed by atoms with Crippen molar-refractivity contribution in [1.29, 1.82) is 0 Å². The molecule has 1 rings (SSSR count). The number of likely N-dealkylation sites (N-methyl/N-ethyl adjacent to an activating group) is 1. The van der Waals surface area contributed by atoms with Gasteiger partial charge in [-0.1, -0.05) is 0 Å². The van der Waals surface area contributed by atoms with Crippen molar-refractivity contribution in [3.8, 4) is 0 Å². The predicted octanol–water partition coefficient (Wildman–Crippen LogP) is -0.406. The molecule has 1 amide bonds. The molecule has 0 bridgehead atoms. The van der Waals surface area contributed by atoms with E-state index in [0.717, 1.165) is 19.4 Å². The second-order valence-electron chi connectivity index (χ2n) is 3.98. The third kappa shape index (κ3) is 7.87. The number of halogens is 1. The normalized spacial score (nSPS) is 14.7. The Morgan fingerprint density at radius 3 is 2.75 bits per heavy atom. The van der Waals surface area contributed by atoms with Gasteiger partial charge in [0, 0.05) is 19.1 Å². The average molecular weight is 252 g/mol. The van der Waals surface area contributed by atoms with Crippen LogP contribution in [0.15, 0.2) is 0 Å². The number of nitrogens with one attached hydrogen (secondary N) is 1. The van der Waals surface area contributed by atoms with Crippen LogP contribution < -0.4 is 11.1 Å². The minimum Gasteiger partial charge on any atom is -0.379 e. The molecule has 6 heteroatoms. The molecule has 0 heterocycles. The van der Waals surface area contributed by atoms with Crippen molar-refractivity contribution in [3.05, 3.63) is 0 Å². The summed E-state index contributed by atoms with van der Waals surface area (Å²) in [7, 11) is 1.91. The topological polar surface area (TPSA) is 67.6 Å². The summed E-state index contributed by atoms with van der Waals surface area (Å²) >= 11 is 0. The lowest BCUT2D eigenvalue weighted by Crippen LogP contribution is -2.37. The summed E-state index contributed by atoms with van der Waals surface area (Å²) in [6.07, 6.45) is 2.27. The van der Waals surface area contributed by atoms with E-state index in [1.165, 1.54) is 0 Å². The first kappa shape index (κ1) is 15.6. The Bertz CT molecular complexity index is 201. The number of rotatable bonds is 8. The maximum Gasteiger partial charge on any atom is 0.234 e. The maximum atomic E-state index is 11.4. The second kappa shape index (κ2) is 8.75. The SMILES string of the molecule is CN(CCOCCN)CC(=O)NC1CC1.Cl. The summed E-state index contributed by atoms with van der Waals surface area (Å²) in [5, 5.41) is 2.94. The molecule has 0 radical (unpaired) electrons. The van der Waals surface area contributed by atoms with Gasteiger partial charge < -0.3 is 15.8 Å². The number of nitrogens with two attached hydrogens (primary N) is 1. The molecule has 0 unspecified atom stereocenters. The quantitative estimate of drug-likeness (QED) is 0.576. The Kier molecular flexibility index (Phi) is 8.56. The molecular formula is C10H22ClN3O2. The molecule has 96 valence electrons. The molecule has 3 N–H and O–H groups in total. The molecule has 0 atom stereocenters. The van der Waals surface area contributed by atoms with Gasteiger partial charge in [-0.3, -0.25) is 9.69 Å². The number of nitrogens with zero attached hydrogens (tertiary/aromatic N) is 1. The lowest BCUT2D eigenvalue weighted by Gasteiger charge is -2.15. The van der Waals surface area contributed by atoms with Crippen LogP contribution in [0.5, 0.6) is 0 Å². The van der Waals surface area contributed by atoms with E-state index in [0.29, 0.717) is 32.3 Å². The summed E-state index contributed by atoms with van der Waals surface area (Å²) in [4.78, 5) is 13.3. The van der Waals surface area contributed by atoms with Gasteiger partial charge >= 0.3 is 0 Å².